The number of aromatic nitrogens is 1. The highest BCUT2D eigenvalue weighted by atomic mass is 16.6. The van der Waals surface area contributed by atoms with Gasteiger partial charge in [-0.2, -0.15) is 0 Å². The number of nitro benzene ring substituents is 1. The van der Waals surface area contributed by atoms with E-state index in [4.69, 9.17) is 0 Å². The molecule has 1 atom stereocenters. The van der Waals surface area contributed by atoms with Gasteiger partial charge in [-0.15, -0.1) is 0 Å². The number of Topliss-reactive ketones (excluding diaryl/α,β-unsaturated/α-hetero) is 1. The van der Waals surface area contributed by atoms with Crippen LogP contribution in [0, 0.1) is 10.1 Å². The minimum absolute atomic E-state index is 0.116. The van der Waals surface area contributed by atoms with E-state index in [1.165, 1.54) is 12.1 Å². The second kappa shape index (κ2) is 5.39. The van der Waals surface area contributed by atoms with Gasteiger partial charge in [0.2, 0.25) is 0 Å². The van der Waals surface area contributed by atoms with Crippen LogP contribution in [0.3, 0.4) is 0 Å². The lowest BCUT2D eigenvalue weighted by molar-refractivity contribution is -0.385. The van der Waals surface area contributed by atoms with E-state index >= 15 is 0 Å². The van der Waals surface area contributed by atoms with Gasteiger partial charge in [0, 0.05) is 12.3 Å². The Morgan fingerprint density at radius 2 is 1.89 bits per heavy atom. The normalized spacial score (nSPS) is 11.8. The predicted molar refractivity (Wildman–Crippen MR) is 70.1 cm³/mol. The fourth-order valence-electron chi connectivity index (χ4n) is 1.84. The van der Waals surface area contributed by atoms with Gasteiger partial charge in [0.05, 0.1) is 22.1 Å². The first-order chi connectivity index (χ1) is 9.11. The summed E-state index contributed by atoms with van der Waals surface area (Å²) in [5.41, 5.74) is 0.548. The summed E-state index contributed by atoms with van der Waals surface area (Å²) in [5, 5.41) is 10.9. The molecule has 1 heterocycles. The van der Waals surface area contributed by atoms with E-state index in [-0.39, 0.29) is 17.0 Å². The molecule has 2 aromatic rings. The van der Waals surface area contributed by atoms with E-state index in [0.29, 0.717) is 5.69 Å². The van der Waals surface area contributed by atoms with Gasteiger partial charge in [-0.1, -0.05) is 18.2 Å². The lowest BCUT2D eigenvalue weighted by Gasteiger charge is -2.09. The number of hydrogen-bond acceptors (Lipinski definition) is 4. The molecule has 0 saturated carbocycles. The van der Waals surface area contributed by atoms with Crippen molar-refractivity contribution in [1.82, 2.24) is 4.98 Å². The molecule has 0 bridgehead atoms. The fraction of sp³-hybridized carbons (Fsp3) is 0.143. The van der Waals surface area contributed by atoms with Crippen LogP contribution < -0.4 is 0 Å². The van der Waals surface area contributed by atoms with E-state index in [1.54, 1.807) is 43.5 Å². The number of hydrogen-bond donors (Lipinski definition) is 0. The number of carbonyl (C=O) groups is 1. The van der Waals surface area contributed by atoms with Crippen molar-refractivity contribution in [3.05, 3.63) is 70.0 Å². The number of nitrogens with zero attached hydrogens (tertiary/aromatic N) is 2. The molecule has 0 amide bonds. The molecule has 0 spiro atoms. The van der Waals surface area contributed by atoms with Crippen molar-refractivity contribution in [2.45, 2.75) is 12.8 Å². The highest BCUT2D eigenvalue weighted by Crippen LogP contribution is 2.25. The van der Waals surface area contributed by atoms with Crippen LogP contribution in [-0.2, 0) is 0 Å². The molecule has 2 rings (SSSR count). The van der Waals surface area contributed by atoms with E-state index in [9.17, 15) is 14.9 Å². The van der Waals surface area contributed by atoms with E-state index in [1.807, 2.05) is 0 Å². The Morgan fingerprint density at radius 3 is 2.53 bits per heavy atom. The topological polar surface area (TPSA) is 73.1 Å². The molecule has 0 aliphatic carbocycles. The fourth-order valence-corrected chi connectivity index (χ4v) is 1.84. The number of carbonyl (C=O) groups excluding carboxylic acids is 1. The van der Waals surface area contributed by atoms with Gasteiger partial charge in [0.25, 0.3) is 5.69 Å². The first kappa shape index (κ1) is 12.9. The van der Waals surface area contributed by atoms with Crippen molar-refractivity contribution in [3.63, 3.8) is 0 Å². The van der Waals surface area contributed by atoms with Crippen LogP contribution in [0.25, 0.3) is 0 Å². The minimum Gasteiger partial charge on any atom is -0.293 e. The molecule has 1 aromatic carbocycles. The first-order valence-electron chi connectivity index (χ1n) is 5.80. The molecule has 5 heteroatoms. The van der Waals surface area contributed by atoms with Gasteiger partial charge in [0.15, 0.2) is 5.78 Å². The zero-order valence-electron chi connectivity index (χ0n) is 10.3. The van der Waals surface area contributed by atoms with Crippen LogP contribution in [0.4, 0.5) is 5.69 Å². The number of nitro groups is 1. The Bertz CT molecular complexity index is 611. The molecule has 5 nitrogen and oxygen atoms in total. The van der Waals surface area contributed by atoms with Gasteiger partial charge in [-0.3, -0.25) is 19.9 Å². The van der Waals surface area contributed by atoms with Crippen LogP contribution in [-0.4, -0.2) is 15.7 Å². The van der Waals surface area contributed by atoms with Gasteiger partial charge >= 0.3 is 0 Å². The molecule has 0 aliphatic rings. The third kappa shape index (κ3) is 2.65. The Hall–Kier alpha value is -2.56. The average Bonchev–Trinajstić information content (AvgIpc) is 2.46. The summed E-state index contributed by atoms with van der Waals surface area (Å²) < 4.78 is 0. The van der Waals surface area contributed by atoms with Crippen molar-refractivity contribution >= 4 is 11.5 Å². The molecule has 1 unspecified atom stereocenters. The number of pyridine rings is 1. The number of benzene rings is 1. The highest BCUT2D eigenvalue weighted by Gasteiger charge is 2.25. The van der Waals surface area contributed by atoms with Crippen LogP contribution in [0.5, 0.6) is 0 Å². The SMILES string of the molecule is CC(C(=O)c1ccccc1[N+](=O)[O-])c1ccccn1. The first-order valence-corrected chi connectivity index (χ1v) is 5.80. The Labute approximate surface area is 110 Å². The van der Waals surface area contributed by atoms with Crippen LogP contribution >= 0.6 is 0 Å². The van der Waals surface area contributed by atoms with Crippen LogP contribution in [0.1, 0.15) is 28.9 Å². The zero-order valence-corrected chi connectivity index (χ0v) is 10.3. The molecular weight excluding hydrogens is 244 g/mol. The highest BCUT2D eigenvalue weighted by molar-refractivity contribution is 6.03. The van der Waals surface area contributed by atoms with Crippen LogP contribution in [0.15, 0.2) is 48.7 Å². The van der Waals surface area contributed by atoms with Crippen molar-refractivity contribution in [2.24, 2.45) is 0 Å². The van der Waals surface area contributed by atoms with E-state index in [0.717, 1.165) is 0 Å². The van der Waals surface area contributed by atoms with E-state index < -0.39 is 10.8 Å². The summed E-state index contributed by atoms with van der Waals surface area (Å²) in [6.07, 6.45) is 1.60. The molecule has 1 aromatic heterocycles. The maximum Gasteiger partial charge on any atom is 0.280 e. The Balaban J connectivity index is 2.38. The maximum atomic E-state index is 12.3. The zero-order chi connectivity index (χ0) is 13.8. The predicted octanol–water partition coefficient (Wildman–Crippen LogP) is 2.98. The quantitative estimate of drug-likeness (QED) is 0.479. The third-order valence-corrected chi connectivity index (χ3v) is 2.89. The molecular formula is C14H12N2O3. The number of para-hydroxylation sites is 1. The summed E-state index contributed by atoms with van der Waals surface area (Å²) in [7, 11) is 0. The Kier molecular flexibility index (Phi) is 3.66. The smallest absolute Gasteiger partial charge is 0.280 e. The van der Waals surface area contributed by atoms with Crippen LogP contribution in [0.2, 0.25) is 0 Å². The molecule has 0 aliphatic heterocycles. The summed E-state index contributed by atoms with van der Waals surface area (Å²) in [6, 6.07) is 11.2. The summed E-state index contributed by atoms with van der Waals surface area (Å²) in [5.74, 6) is -0.812. The summed E-state index contributed by atoms with van der Waals surface area (Å²) >= 11 is 0. The average molecular weight is 256 g/mol. The van der Waals surface area contributed by atoms with Crippen molar-refractivity contribution in [2.75, 3.05) is 0 Å². The maximum absolute atomic E-state index is 12.3. The number of ketones is 1. The van der Waals surface area contributed by atoms with Crippen molar-refractivity contribution in [3.8, 4) is 0 Å². The van der Waals surface area contributed by atoms with Gasteiger partial charge in [-0.25, -0.2) is 0 Å². The molecule has 0 radical (unpaired) electrons. The summed E-state index contributed by atoms with van der Waals surface area (Å²) in [4.78, 5) is 26.8. The molecule has 0 saturated heterocycles. The van der Waals surface area contributed by atoms with Crippen molar-refractivity contribution < 1.29 is 9.72 Å². The number of rotatable bonds is 4. The molecule has 0 fully saturated rings. The molecule has 0 N–H and O–H groups in total. The van der Waals surface area contributed by atoms with Crippen molar-refractivity contribution in [1.29, 1.82) is 0 Å². The van der Waals surface area contributed by atoms with Gasteiger partial charge in [0.1, 0.15) is 0 Å². The molecule has 96 valence electrons. The monoisotopic (exact) mass is 256 g/mol. The van der Waals surface area contributed by atoms with E-state index in [2.05, 4.69) is 4.98 Å². The Morgan fingerprint density at radius 1 is 1.21 bits per heavy atom. The standard InChI is InChI=1S/C14H12N2O3/c1-10(12-7-4-5-9-15-12)14(17)11-6-2-3-8-13(11)16(18)19/h2-10H,1H3. The van der Waals surface area contributed by atoms with Gasteiger partial charge < -0.3 is 0 Å². The second-order valence-corrected chi connectivity index (χ2v) is 4.11. The second-order valence-electron chi connectivity index (χ2n) is 4.11. The lowest BCUT2D eigenvalue weighted by Crippen LogP contribution is -2.12. The summed E-state index contributed by atoms with van der Waals surface area (Å²) in [6.45, 7) is 1.70. The van der Waals surface area contributed by atoms with Gasteiger partial charge in [-0.05, 0) is 25.1 Å². The lowest BCUT2D eigenvalue weighted by atomic mass is 9.95. The third-order valence-electron chi connectivity index (χ3n) is 2.89. The minimum atomic E-state index is -0.543. The largest absolute Gasteiger partial charge is 0.293 e. The molecule has 19 heavy (non-hydrogen) atoms.